The van der Waals surface area contributed by atoms with E-state index in [9.17, 15) is 0 Å². The maximum atomic E-state index is 5.82. The normalized spacial score (nSPS) is 16.9. The van der Waals surface area contributed by atoms with Gasteiger partial charge in [0, 0.05) is 12.6 Å². The van der Waals surface area contributed by atoms with Crippen molar-refractivity contribution in [1.29, 1.82) is 0 Å². The van der Waals surface area contributed by atoms with Gasteiger partial charge < -0.3 is 10.1 Å². The quantitative estimate of drug-likeness (QED) is 0.860. The summed E-state index contributed by atoms with van der Waals surface area (Å²) in [5, 5.41) is 3.51. The van der Waals surface area contributed by atoms with Crippen LogP contribution < -0.4 is 10.1 Å². The van der Waals surface area contributed by atoms with Crippen molar-refractivity contribution in [3.8, 4) is 5.75 Å². The molecule has 0 aromatic heterocycles. The van der Waals surface area contributed by atoms with Crippen molar-refractivity contribution in [2.24, 2.45) is 0 Å². The van der Waals surface area contributed by atoms with Gasteiger partial charge in [-0.05, 0) is 59.8 Å². The maximum absolute atomic E-state index is 5.82. The fourth-order valence-electron chi connectivity index (χ4n) is 1.60. The van der Waals surface area contributed by atoms with Crippen molar-refractivity contribution in [2.75, 3.05) is 0 Å². The van der Waals surface area contributed by atoms with Gasteiger partial charge in [-0.25, -0.2) is 0 Å². The lowest BCUT2D eigenvalue weighted by atomic mass is 10.2. The molecule has 1 aromatic carbocycles. The number of rotatable bonds is 6. The van der Waals surface area contributed by atoms with E-state index in [1.54, 1.807) is 0 Å². The molecule has 0 radical (unpaired) electrons. The second-order valence-corrected chi connectivity index (χ2v) is 5.61. The second kappa shape index (κ2) is 5.87. The molecule has 0 heterocycles. The van der Waals surface area contributed by atoms with Gasteiger partial charge in [-0.1, -0.05) is 13.0 Å². The second-order valence-electron chi connectivity index (χ2n) is 4.76. The predicted octanol–water partition coefficient (Wildman–Crippen LogP) is 3.88. The highest BCUT2D eigenvalue weighted by molar-refractivity contribution is 9.10. The van der Waals surface area contributed by atoms with Crippen molar-refractivity contribution in [3.05, 3.63) is 28.2 Å². The molecule has 0 bridgehead atoms. The lowest BCUT2D eigenvalue weighted by Crippen LogP contribution is -2.15. The average Bonchev–Trinajstić information content (AvgIpc) is 3.13. The minimum absolute atomic E-state index is 0.265. The maximum Gasteiger partial charge on any atom is 0.133 e. The monoisotopic (exact) mass is 297 g/mol. The molecule has 1 N–H and O–H groups in total. The van der Waals surface area contributed by atoms with E-state index in [4.69, 9.17) is 4.74 Å². The highest BCUT2D eigenvalue weighted by Gasteiger charge is 2.20. The van der Waals surface area contributed by atoms with E-state index >= 15 is 0 Å². The predicted molar refractivity (Wildman–Crippen MR) is 74.4 cm³/mol. The summed E-state index contributed by atoms with van der Waals surface area (Å²) in [5.74, 6) is 0.939. The van der Waals surface area contributed by atoms with Crippen LogP contribution in [-0.2, 0) is 6.54 Å². The van der Waals surface area contributed by atoms with E-state index in [1.165, 1.54) is 18.4 Å². The number of halogens is 1. The number of benzene rings is 1. The fourth-order valence-corrected chi connectivity index (χ4v) is 2.12. The molecule has 17 heavy (non-hydrogen) atoms. The minimum atomic E-state index is 0.265. The number of hydrogen-bond acceptors (Lipinski definition) is 2. The fraction of sp³-hybridized carbons (Fsp3) is 0.571. The van der Waals surface area contributed by atoms with Crippen LogP contribution >= 0.6 is 15.9 Å². The Hall–Kier alpha value is -0.540. The Labute approximate surface area is 112 Å². The summed E-state index contributed by atoms with van der Waals surface area (Å²) in [6, 6.07) is 7.09. The summed E-state index contributed by atoms with van der Waals surface area (Å²) in [6.07, 6.45) is 3.95. The molecule has 0 amide bonds. The van der Waals surface area contributed by atoms with Crippen LogP contribution in [0.4, 0.5) is 0 Å². The topological polar surface area (TPSA) is 21.3 Å². The number of hydrogen-bond donors (Lipinski definition) is 1. The molecule has 0 aliphatic heterocycles. The molecule has 1 aromatic rings. The molecule has 1 saturated carbocycles. The SMILES string of the molecule is CCC(C)Oc1ccc(CNC2CC2)cc1Br. The van der Waals surface area contributed by atoms with Gasteiger partial charge in [0.05, 0.1) is 10.6 Å². The van der Waals surface area contributed by atoms with Gasteiger partial charge in [-0.15, -0.1) is 0 Å². The lowest BCUT2D eigenvalue weighted by molar-refractivity contribution is 0.216. The summed E-state index contributed by atoms with van der Waals surface area (Å²) in [4.78, 5) is 0. The summed E-state index contributed by atoms with van der Waals surface area (Å²) in [7, 11) is 0. The van der Waals surface area contributed by atoms with Crippen LogP contribution in [0.2, 0.25) is 0 Å². The largest absolute Gasteiger partial charge is 0.490 e. The Kier molecular flexibility index (Phi) is 4.46. The van der Waals surface area contributed by atoms with Crippen LogP contribution in [0, 0.1) is 0 Å². The van der Waals surface area contributed by atoms with Crippen LogP contribution in [0.5, 0.6) is 5.75 Å². The van der Waals surface area contributed by atoms with Gasteiger partial charge in [0.15, 0.2) is 0 Å². The molecule has 2 nitrogen and oxygen atoms in total. The molecular formula is C14H20BrNO. The molecule has 0 spiro atoms. The van der Waals surface area contributed by atoms with E-state index in [2.05, 4.69) is 53.3 Å². The molecule has 2 rings (SSSR count). The number of nitrogens with one attached hydrogen (secondary N) is 1. The van der Waals surface area contributed by atoms with Crippen LogP contribution in [0.1, 0.15) is 38.7 Å². The number of ether oxygens (including phenoxy) is 1. The van der Waals surface area contributed by atoms with Crippen molar-refractivity contribution in [2.45, 2.75) is 51.8 Å². The summed E-state index contributed by atoms with van der Waals surface area (Å²) in [5.41, 5.74) is 1.31. The average molecular weight is 298 g/mol. The Balaban J connectivity index is 1.94. The lowest BCUT2D eigenvalue weighted by Gasteiger charge is -2.14. The van der Waals surface area contributed by atoms with Crippen LogP contribution in [0.15, 0.2) is 22.7 Å². The molecular weight excluding hydrogens is 278 g/mol. The van der Waals surface area contributed by atoms with Crippen molar-refractivity contribution in [1.82, 2.24) is 5.32 Å². The molecule has 0 saturated heterocycles. The van der Waals surface area contributed by atoms with Gasteiger partial charge in [0.25, 0.3) is 0 Å². The summed E-state index contributed by atoms with van der Waals surface area (Å²) in [6.45, 7) is 5.17. The first-order valence-corrected chi connectivity index (χ1v) is 7.16. The minimum Gasteiger partial charge on any atom is -0.490 e. The van der Waals surface area contributed by atoms with E-state index in [-0.39, 0.29) is 6.10 Å². The zero-order valence-electron chi connectivity index (χ0n) is 10.5. The van der Waals surface area contributed by atoms with Crippen molar-refractivity contribution in [3.63, 3.8) is 0 Å². The Bertz CT molecular complexity index is 376. The zero-order chi connectivity index (χ0) is 12.3. The van der Waals surface area contributed by atoms with Crippen LogP contribution in [0.25, 0.3) is 0 Å². The standard InChI is InChI=1S/C14H20BrNO/c1-3-10(2)17-14-7-4-11(8-13(14)15)9-16-12-5-6-12/h4,7-8,10,12,16H,3,5-6,9H2,1-2H3. The molecule has 3 heteroatoms. The summed E-state index contributed by atoms with van der Waals surface area (Å²) >= 11 is 3.57. The van der Waals surface area contributed by atoms with E-state index in [0.717, 1.165) is 29.2 Å². The molecule has 1 atom stereocenters. The Morgan fingerprint density at radius 1 is 1.47 bits per heavy atom. The van der Waals surface area contributed by atoms with Gasteiger partial charge in [0.2, 0.25) is 0 Å². The van der Waals surface area contributed by atoms with Gasteiger partial charge >= 0.3 is 0 Å². The first-order chi connectivity index (χ1) is 8.19. The highest BCUT2D eigenvalue weighted by atomic mass is 79.9. The van der Waals surface area contributed by atoms with Crippen LogP contribution in [0.3, 0.4) is 0 Å². The molecule has 94 valence electrons. The van der Waals surface area contributed by atoms with E-state index in [1.807, 2.05) is 0 Å². The Morgan fingerprint density at radius 3 is 2.82 bits per heavy atom. The third kappa shape index (κ3) is 4.00. The third-order valence-electron chi connectivity index (χ3n) is 3.07. The Morgan fingerprint density at radius 2 is 2.24 bits per heavy atom. The van der Waals surface area contributed by atoms with Crippen molar-refractivity contribution >= 4 is 15.9 Å². The van der Waals surface area contributed by atoms with E-state index in [0.29, 0.717) is 0 Å². The first-order valence-electron chi connectivity index (χ1n) is 6.37. The molecule has 1 unspecified atom stereocenters. The molecule has 1 aliphatic carbocycles. The van der Waals surface area contributed by atoms with Gasteiger partial charge in [0.1, 0.15) is 5.75 Å². The van der Waals surface area contributed by atoms with Gasteiger partial charge in [-0.3, -0.25) is 0 Å². The van der Waals surface area contributed by atoms with Crippen molar-refractivity contribution < 1.29 is 4.74 Å². The molecule has 1 fully saturated rings. The molecule has 1 aliphatic rings. The third-order valence-corrected chi connectivity index (χ3v) is 3.69. The highest BCUT2D eigenvalue weighted by Crippen LogP contribution is 2.28. The van der Waals surface area contributed by atoms with E-state index < -0.39 is 0 Å². The summed E-state index contributed by atoms with van der Waals surface area (Å²) < 4.78 is 6.87. The van der Waals surface area contributed by atoms with Crippen LogP contribution in [-0.4, -0.2) is 12.1 Å². The first kappa shape index (κ1) is 12.9. The smallest absolute Gasteiger partial charge is 0.133 e. The zero-order valence-corrected chi connectivity index (χ0v) is 12.1. The van der Waals surface area contributed by atoms with Gasteiger partial charge in [-0.2, -0.15) is 0 Å².